The molecule has 1 aromatic carbocycles. The van der Waals surface area contributed by atoms with Gasteiger partial charge in [0.25, 0.3) is 5.91 Å². The Labute approximate surface area is 177 Å². The van der Waals surface area contributed by atoms with Crippen molar-refractivity contribution < 1.29 is 19.0 Å². The third kappa shape index (κ3) is 3.16. The van der Waals surface area contributed by atoms with Gasteiger partial charge in [0.15, 0.2) is 18.1 Å². The second-order valence-electron chi connectivity index (χ2n) is 9.40. The molecule has 0 radical (unpaired) electrons. The molecule has 4 atom stereocenters. The van der Waals surface area contributed by atoms with E-state index in [1.165, 1.54) is 37.8 Å². The largest absolute Gasteiger partial charge is 0.484 e. The van der Waals surface area contributed by atoms with Crippen molar-refractivity contribution in [2.45, 2.75) is 50.6 Å². The lowest BCUT2D eigenvalue weighted by atomic mass is 9.68. The van der Waals surface area contributed by atoms with Crippen LogP contribution in [-0.2, 0) is 4.79 Å². The quantitative estimate of drug-likeness (QED) is 0.717. The summed E-state index contributed by atoms with van der Waals surface area (Å²) in [6.07, 6.45) is 10.0. The minimum atomic E-state index is 0.0753. The first-order chi connectivity index (χ1) is 14.8. The molecule has 0 N–H and O–H groups in total. The third-order valence-electron chi connectivity index (χ3n) is 7.68. The molecule has 1 aliphatic carbocycles. The van der Waals surface area contributed by atoms with Crippen LogP contribution in [0.2, 0.25) is 0 Å². The van der Waals surface area contributed by atoms with Crippen LogP contribution in [0, 0.1) is 11.8 Å². The summed E-state index contributed by atoms with van der Waals surface area (Å²) in [6.45, 7) is 3.54. The van der Waals surface area contributed by atoms with Crippen molar-refractivity contribution in [3.05, 3.63) is 29.8 Å². The zero-order valence-corrected chi connectivity index (χ0v) is 17.4. The Balaban J connectivity index is 1.17. The van der Waals surface area contributed by atoms with E-state index in [0.29, 0.717) is 23.3 Å². The van der Waals surface area contributed by atoms with Crippen LogP contribution in [0.25, 0.3) is 0 Å². The van der Waals surface area contributed by atoms with Gasteiger partial charge in [-0.25, -0.2) is 0 Å². The Kier molecular flexibility index (Phi) is 4.63. The molecule has 3 fully saturated rings. The molecule has 4 aliphatic heterocycles. The van der Waals surface area contributed by atoms with E-state index in [1.807, 2.05) is 12.1 Å². The number of carbonyl (C=O) groups excluding carboxylic acids is 1. The van der Waals surface area contributed by atoms with Crippen molar-refractivity contribution in [3.63, 3.8) is 0 Å². The van der Waals surface area contributed by atoms with Gasteiger partial charge in [0.05, 0.1) is 6.04 Å². The molecule has 1 aromatic rings. The summed E-state index contributed by atoms with van der Waals surface area (Å²) in [5.41, 5.74) is 1.52. The second-order valence-corrected chi connectivity index (χ2v) is 9.40. The summed E-state index contributed by atoms with van der Waals surface area (Å²) in [4.78, 5) is 18.0. The number of carbonyl (C=O) groups is 1. The fourth-order valence-electron chi connectivity index (χ4n) is 6.45. The molecular weight excluding hydrogens is 380 g/mol. The average molecular weight is 411 g/mol. The van der Waals surface area contributed by atoms with Crippen LogP contribution in [0.3, 0.4) is 0 Å². The van der Waals surface area contributed by atoms with Gasteiger partial charge >= 0.3 is 0 Å². The minimum Gasteiger partial charge on any atom is -0.484 e. The SMILES string of the molecule is O=C(COc1ccc2c(c1)OCO2)N1CCCC2=C[C@H]3C[C@H](CN4CCCC[C@H]34)[C@H]21. The van der Waals surface area contributed by atoms with E-state index in [-0.39, 0.29) is 25.3 Å². The highest BCUT2D eigenvalue weighted by Gasteiger charge is 2.46. The molecule has 5 aliphatic rings. The maximum atomic E-state index is 13.2. The number of rotatable bonds is 3. The highest BCUT2D eigenvalue weighted by molar-refractivity contribution is 5.79. The average Bonchev–Trinajstić information content (AvgIpc) is 3.25. The molecule has 6 heteroatoms. The number of amides is 1. The Bertz CT molecular complexity index is 869. The van der Waals surface area contributed by atoms with Crippen molar-refractivity contribution in [3.8, 4) is 17.2 Å². The highest BCUT2D eigenvalue weighted by Crippen LogP contribution is 2.45. The second kappa shape index (κ2) is 7.49. The third-order valence-corrected chi connectivity index (χ3v) is 7.68. The predicted molar refractivity (Wildman–Crippen MR) is 112 cm³/mol. The van der Waals surface area contributed by atoms with Crippen molar-refractivity contribution >= 4 is 5.91 Å². The lowest BCUT2D eigenvalue weighted by molar-refractivity contribution is -0.138. The highest BCUT2D eigenvalue weighted by atomic mass is 16.7. The zero-order valence-electron chi connectivity index (χ0n) is 17.4. The van der Waals surface area contributed by atoms with Crippen LogP contribution in [0.1, 0.15) is 38.5 Å². The van der Waals surface area contributed by atoms with Crippen molar-refractivity contribution in [2.75, 3.05) is 33.0 Å². The summed E-state index contributed by atoms with van der Waals surface area (Å²) < 4.78 is 16.6. The molecule has 0 spiro atoms. The van der Waals surface area contributed by atoms with Crippen LogP contribution < -0.4 is 14.2 Å². The van der Waals surface area contributed by atoms with E-state index in [2.05, 4.69) is 15.9 Å². The molecule has 0 aromatic heterocycles. The summed E-state index contributed by atoms with van der Waals surface area (Å²) in [5, 5.41) is 0. The topological polar surface area (TPSA) is 51.2 Å². The van der Waals surface area contributed by atoms with Crippen LogP contribution in [0.4, 0.5) is 0 Å². The monoisotopic (exact) mass is 410 g/mol. The first-order valence-corrected chi connectivity index (χ1v) is 11.5. The number of benzene rings is 1. The van der Waals surface area contributed by atoms with E-state index in [1.54, 1.807) is 6.07 Å². The van der Waals surface area contributed by atoms with Gasteiger partial charge in [-0.15, -0.1) is 0 Å². The molecule has 160 valence electrons. The molecule has 2 bridgehead atoms. The van der Waals surface area contributed by atoms with E-state index < -0.39 is 0 Å². The molecule has 3 saturated heterocycles. The Morgan fingerprint density at radius 1 is 1.13 bits per heavy atom. The minimum absolute atomic E-state index is 0.0753. The lowest BCUT2D eigenvalue weighted by Crippen LogP contribution is -2.60. The molecule has 0 saturated carbocycles. The van der Waals surface area contributed by atoms with Gasteiger partial charge in [-0.2, -0.15) is 0 Å². The van der Waals surface area contributed by atoms with E-state index >= 15 is 0 Å². The fourth-order valence-corrected chi connectivity index (χ4v) is 6.45. The summed E-state index contributed by atoms with van der Waals surface area (Å²) in [5.74, 6) is 3.42. The molecule has 6 rings (SSSR count). The number of hydrogen-bond donors (Lipinski definition) is 0. The Morgan fingerprint density at radius 3 is 3.03 bits per heavy atom. The Morgan fingerprint density at radius 2 is 2.07 bits per heavy atom. The summed E-state index contributed by atoms with van der Waals surface area (Å²) in [7, 11) is 0. The molecule has 6 nitrogen and oxygen atoms in total. The maximum absolute atomic E-state index is 13.2. The summed E-state index contributed by atoms with van der Waals surface area (Å²) >= 11 is 0. The van der Waals surface area contributed by atoms with Gasteiger partial charge < -0.3 is 19.1 Å². The predicted octanol–water partition coefficient (Wildman–Crippen LogP) is 3.22. The van der Waals surface area contributed by atoms with Gasteiger partial charge in [-0.3, -0.25) is 9.69 Å². The number of ether oxygens (including phenoxy) is 3. The van der Waals surface area contributed by atoms with Crippen LogP contribution in [-0.4, -0.2) is 60.8 Å². The normalized spacial score (nSPS) is 32.1. The fraction of sp³-hybridized carbons (Fsp3) is 0.625. The number of fused-ring (bicyclic) bond motifs is 7. The first kappa shape index (κ1) is 18.6. The van der Waals surface area contributed by atoms with Crippen molar-refractivity contribution in [2.24, 2.45) is 11.8 Å². The number of piperidine rings is 3. The zero-order chi connectivity index (χ0) is 20.1. The van der Waals surface area contributed by atoms with E-state index in [4.69, 9.17) is 14.2 Å². The van der Waals surface area contributed by atoms with Gasteiger partial charge in [0.1, 0.15) is 5.75 Å². The van der Waals surface area contributed by atoms with Crippen LogP contribution in [0.5, 0.6) is 17.2 Å². The molecule has 4 heterocycles. The molecular formula is C24H30N2O4. The van der Waals surface area contributed by atoms with Crippen LogP contribution >= 0.6 is 0 Å². The summed E-state index contributed by atoms with van der Waals surface area (Å²) in [6, 6.07) is 6.49. The standard InChI is InChI=1S/C24H30N2O4/c27-23(14-28-19-6-7-21-22(12-19)30-15-29-21)26-9-3-4-16-10-17-11-18(24(16)26)13-25-8-2-1-5-20(17)25/h6-7,10,12,17-18,20,24H,1-5,8-9,11,13-15H2/t17-,18+,20+,24-/m0/s1. The molecule has 1 amide bonds. The number of nitrogens with zero attached hydrogens (tertiary/aromatic N) is 2. The van der Waals surface area contributed by atoms with Gasteiger partial charge in [-0.1, -0.05) is 18.1 Å². The first-order valence-electron chi connectivity index (χ1n) is 11.5. The van der Waals surface area contributed by atoms with E-state index in [9.17, 15) is 4.79 Å². The van der Waals surface area contributed by atoms with Crippen molar-refractivity contribution in [1.82, 2.24) is 9.80 Å². The smallest absolute Gasteiger partial charge is 0.261 e. The van der Waals surface area contributed by atoms with Crippen LogP contribution in [0.15, 0.2) is 29.8 Å². The Hall–Kier alpha value is -2.21. The number of likely N-dealkylation sites (tertiary alicyclic amines) is 1. The van der Waals surface area contributed by atoms with Gasteiger partial charge in [0, 0.05) is 25.2 Å². The van der Waals surface area contributed by atoms with Crippen molar-refractivity contribution in [1.29, 1.82) is 0 Å². The van der Waals surface area contributed by atoms with E-state index in [0.717, 1.165) is 37.7 Å². The van der Waals surface area contributed by atoms with Gasteiger partial charge in [0.2, 0.25) is 6.79 Å². The number of hydrogen-bond acceptors (Lipinski definition) is 5. The van der Waals surface area contributed by atoms with Gasteiger partial charge in [-0.05, 0) is 62.6 Å². The maximum Gasteiger partial charge on any atom is 0.261 e. The molecule has 30 heavy (non-hydrogen) atoms. The molecule has 0 unspecified atom stereocenters. The lowest BCUT2D eigenvalue weighted by Gasteiger charge is -2.54.